The van der Waals surface area contributed by atoms with E-state index in [1.165, 1.54) is 11.1 Å². The molecule has 2 aromatic rings. The molecule has 1 unspecified atom stereocenters. The molecular formula is C19H21N3O. The summed E-state index contributed by atoms with van der Waals surface area (Å²) in [6.45, 7) is 4.66. The fraction of sp³-hybridized carbons (Fsp3) is 0.263. The maximum atomic E-state index is 12.4. The molecule has 1 amide bonds. The number of benzene rings is 2. The Labute approximate surface area is 137 Å². The first kappa shape index (κ1) is 16.7. The predicted octanol–water partition coefficient (Wildman–Crippen LogP) is 3.33. The summed E-state index contributed by atoms with van der Waals surface area (Å²) < 4.78 is 0. The third-order valence-corrected chi connectivity index (χ3v) is 3.98. The third-order valence-electron chi connectivity index (χ3n) is 3.98. The van der Waals surface area contributed by atoms with Gasteiger partial charge in [0.25, 0.3) is 0 Å². The molecule has 0 aliphatic heterocycles. The van der Waals surface area contributed by atoms with Crippen molar-refractivity contribution in [2.24, 2.45) is 0 Å². The summed E-state index contributed by atoms with van der Waals surface area (Å²) in [5, 5.41) is 11.8. The number of hydrogen-bond donors (Lipinski definition) is 1. The van der Waals surface area contributed by atoms with Crippen LogP contribution in [0.1, 0.15) is 23.6 Å². The Morgan fingerprint density at radius 2 is 2.00 bits per heavy atom. The van der Waals surface area contributed by atoms with Crippen LogP contribution >= 0.6 is 0 Å². The van der Waals surface area contributed by atoms with Crippen LogP contribution in [0.5, 0.6) is 0 Å². The van der Waals surface area contributed by atoms with Crippen LogP contribution in [0.3, 0.4) is 0 Å². The summed E-state index contributed by atoms with van der Waals surface area (Å²) in [5.74, 6) is -0.0869. The number of amides is 1. The van der Waals surface area contributed by atoms with E-state index in [-0.39, 0.29) is 11.9 Å². The number of rotatable bonds is 5. The lowest BCUT2D eigenvalue weighted by Gasteiger charge is -2.24. The van der Waals surface area contributed by atoms with Crippen molar-refractivity contribution in [3.05, 3.63) is 65.2 Å². The van der Waals surface area contributed by atoms with Crippen molar-refractivity contribution < 1.29 is 4.79 Å². The smallest absolute Gasteiger partial charge is 0.241 e. The standard InChI is InChI=1S/C19H21N3O/c1-14-7-4-5-9-17(14)13-22(3)15(2)19(23)21-18-10-6-8-16(11-18)12-20/h4-11,15H,13H2,1-3H3,(H,21,23). The molecule has 1 N–H and O–H groups in total. The molecule has 0 radical (unpaired) electrons. The van der Waals surface area contributed by atoms with Gasteiger partial charge in [-0.3, -0.25) is 9.69 Å². The Hall–Kier alpha value is -2.64. The van der Waals surface area contributed by atoms with Crippen molar-refractivity contribution in [2.45, 2.75) is 26.4 Å². The van der Waals surface area contributed by atoms with E-state index < -0.39 is 0 Å². The summed E-state index contributed by atoms with van der Waals surface area (Å²) in [5.41, 5.74) is 3.60. The van der Waals surface area contributed by atoms with E-state index in [1.807, 2.05) is 31.0 Å². The number of nitrogens with one attached hydrogen (secondary N) is 1. The molecule has 2 aromatic carbocycles. The number of hydrogen-bond acceptors (Lipinski definition) is 3. The average Bonchev–Trinajstić information content (AvgIpc) is 2.56. The molecule has 0 heterocycles. The quantitative estimate of drug-likeness (QED) is 0.922. The molecule has 2 rings (SSSR count). The van der Waals surface area contributed by atoms with E-state index in [0.29, 0.717) is 17.8 Å². The van der Waals surface area contributed by atoms with Crippen molar-refractivity contribution in [1.29, 1.82) is 5.26 Å². The molecule has 0 aliphatic carbocycles. The molecule has 118 valence electrons. The zero-order chi connectivity index (χ0) is 16.8. The van der Waals surface area contributed by atoms with Crippen LogP contribution < -0.4 is 5.32 Å². The first-order valence-corrected chi connectivity index (χ1v) is 7.57. The summed E-state index contributed by atoms with van der Waals surface area (Å²) >= 11 is 0. The lowest BCUT2D eigenvalue weighted by atomic mass is 10.1. The van der Waals surface area contributed by atoms with Crippen LogP contribution in [0.15, 0.2) is 48.5 Å². The Balaban J connectivity index is 2.01. The minimum Gasteiger partial charge on any atom is -0.325 e. The second-order valence-electron chi connectivity index (χ2n) is 5.70. The van der Waals surface area contributed by atoms with Crippen LogP contribution in [0.4, 0.5) is 5.69 Å². The van der Waals surface area contributed by atoms with Gasteiger partial charge in [-0.15, -0.1) is 0 Å². The molecular weight excluding hydrogens is 286 g/mol. The Kier molecular flexibility index (Phi) is 5.51. The monoisotopic (exact) mass is 307 g/mol. The Bertz CT molecular complexity index is 733. The van der Waals surface area contributed by atoms with Crippen molar-refractivity contribution in [1.82, 2.24) is 4.90 Å². The van der Waals surface area contributed by atoms with E-state index in [1.54, 1.807) is 24.3 Å². The first-order valence-electron chi connectivity index (χ1n) is 7.57. The van der Waals surface area contributed by atoms with Gasteiger partial charge in [-0.25, -0.2) is 0 Å². The fourth-order valence-corrected chi connectivity index (χ4v) is 2.31. The van der Waals surface area contributed by atoms with Gasteiger partial charge in [0, 0.05) is 12.2 Å². The molecule has 0 fully saturated rings. The van der Waals surface area contributed by atoms with Crippen LogP contribution in [0, 0.1) is 18.3 Å². The van der Waals surface area contributed by atoms with Crippen molar-refractivity contribution in [2.75, 3.05) is 12.4 Å². The number of likely N-dealkylation sites (N-methyl/N-ethyl adjacent to an activating group) is 1. The number of aryl methyl sites for hydroxylation is 1. The first-order chi connectivity index (χ1) is 11.0. The minimum absolute atomic E-state index is 0.0869. The predicted molar refractivity (Wildman–Crippen MR) is 91.9 cm³/mol. The van der Waals surface area contributed by atoms with Crippen molar-refractivity contribution in [3.63, 3.8) is 0 Å². The van der Waals surface area contributed by atoms with E-state index in [9.17, 15) is 4.79 Å². The topological polar surface area (TPSA) is 56.1 Å². The second-order valence-corrected chi connectivity index (χ2v) is 5.70. The Morgan fingerprint density at radius 3 is 2.70 bits per heavy atom. The molecule has 0 saturated heterocycles. The van der Waals surface area contributed by atoms with E-state index in [2.05, 4.69) is 30.4 Å². The van der Waals surface area contributed by atoms with Crippen molar-refractivity contribution in [3.8, 4) is 6.07 Å². The number of nitriles is 1. The molecule has 23 heavy (non-hydrogen) atoms. The van der Waals surface area contributed by atoms with Crippen LogP contribution in [-0.2, 0) is 11.3 Å². The van der Waals surface area contributed by atoms with Crippen LogP contribution in [0.2, 0.25) is 0 Å². The third kappa shape index (κ3) is 4.41. The molecule has 0 bridgehead atoms. The zero-order valence-electron chi connectivity index (χ0n) is 13.7. The number of nitrogens with zero attached hydrogens (tertiary/aromatic N) is 2. The minimum atomic E-state index is -0.277. The van der Waals surface area contributed by atoms with Gasteiger partial charge >= 0.3 is 0 Å². The normalized spacial score (nSPS) is 11.8. The summed E-state index contributed by atoms with van der Waals surface area (Å²) in [4.78, 5) is 14.4. The highest BCUT2D eigenvalue weighted by Crippen LogP contribution is 2.14. The molecule has 4 heteroatoms. The van der Waals surface area contributed by atoms with Crippen LogP contribution in [0.25, 0.3) is 0 Å². The SMILES string of the molecule is Cc1ccccc1CN(C)C(C)C(=O)Nc1cccc(C#N)c1. The van der Waals surface area contributed by atoms with Gasteiger partial charge in [-0.1, -0.05) is 30.3 Å². The molecule has 0 saturated carbocycles. The maximum absolute atomic E-state index is 12.4. The largest absolute Gasteiger partial charge is 0.325 e. The van der Waals surface area contributed by atoms with Gasteiger partial charge in [0.1, 0.15) is 0 Å². The summed E-state index contributed by atoms with van der Waals surface area (Å²) in [6, 6.07) is 16.9. The molecule has 0 aliphatic rings. The number of carbonyl (C=O) groups excluding carboxylic acids is 1. The molecule has 4 nitrogen and oxygen atoms in total. The summed E-state index contributed by atoms with van der Waals surface area (Å²) in [6.07, 6.45) is 0. The Morgan fingerprint density at radius 1 is 1.26 bits per heavy atom. The van der Waals surface area contributed by atoms with E-state index in [4.69, 9.17) is 5.26 Å². The van der Waals surface area contributed by atoms with Gasteiger partial charge in [0.2, 0.25) is 5.91 Å². The van der Waals surface area contributed by atoms with E-state index >= 15 is 0 Å². The van der Waals surface area contributed by atoms with Crippen molar-refractivity contribution >= 4 is 11.6 Å². The van der Waals surface area contributed by atoms with Gasteiger partial charge < -0.3 is 5.32 Å². The highest BCUT2D eigenvalue weighted by atomic mass is 16.2. The highest BCUT2D eigenvalue weighted by Gasteiger charge is 2.18. The number of carbonyl (C=O) groups is 1. The molecule has 0 aromatic heterocycles. The van der Waals surface area contributed by atoms with Gasteiger partial charge in [0.15, 0.2) is 0 Å². The van der Waals surface area contributed by atoms with Gasteiger partial charge in [-0.2, -0.15) is 5.26 Å². The highest BCUT2D eigenvalue weighted by molar-refractivity contribution is 5.94. The van der Waals surface area contributed by atoms with Crippen LogP contribution in [-0.4, -0.2) is 23.9 Å². The molecule has 0 spiro atoms. The number of anilines is 1. The summed E-state index contributed by atoms with van der Waals surface area (Å²) in [7, 11) is 1.93. The average molecular weight is 307 g/mol. The fourth-order valence-electron chi connectivity index (χ4n) is 2.31. The van der Waals surface area contributed by atoms with Gasteiger partial charge in [0.05, 0.1) is 17.7 Å². The van der Waals surface area contributed by atoms with E-state index in [0.717, 1.165) is 0 Å². The second kappa shape index (κ2) is 7.57. The molecule has 1 atom stereocenters. The van der Waals surface area contributed by atoms with Gasteiger partial charge in [-0.05, 0) is 50.2 Å². The maximum Gasteiger partial charge on any atom is 0.241 e. The zero-order valence-corrected chi connectivity index (χ0v) is 13.7. The lowest BCUT2D eigenvalue weighted by Crippen LogP contribution is -2.39. The lowest BCUT2D eigenvalue weighted by molar-refractivity contribution is -0.120.